The van der Waals surface area contributed by atoms with Gasteiger partial charge in [0.1, 0.15) is 6.10 Å². The number of hydrogen-bond donors (Lipinski definition) is 1. The number of cyclic esters (lactones) is 1. The van der Waals surface area contributed by atoms with Gasteiger partial charge in [-0.25, -0.2) is 4.79 Å². The van der Waals surface area contributed by atoms with Gasteiger partial charge in [-0.15, -0.1) is 0 Å². The van der Waals surface area contributed by atoms with Crippen LogP contribution in [0.25, 0.3) is 0 Å². The molecule has 0 aliphatic carbocycles. The Morgan fingerprint density at radius 2 is 2.60 bits per heavy atom. The summed E-state index contributed by atoms with van der Waals surface area (Å²) < 4.78 is 4.78. The van der Waals surface area contributed by atoms with Crippen LogP contribution in [0.2, 0.25) is 0 Å². The van der Waals surface area contributed by atoms with Gasteiger partial charge in [-0.1, -0.05) is 0 Å². The number of carbonyl (C=O) groups is 1. The van der Waals surface area contributed by atoms with Crippen LogP contribution in [0, 0.1) is 0 Å². The molecule has 1 saturated heterocycles. The second-order valence-corrected chi connectivity index (χ2v) is 2.40. The second kappa shape index (κ2) is 2.88. The molecule has 4 heteroatoms. The number of hydrogen-bond acceptors (Lipinski definition) is 3. The van der Waals surface area contributed by atoms with Crippen molar-refractivity contribution in [1.29, 1.82) is 0 Å². The third kappa shape index (κ3) is 1.39. The molecule has 1 heterocycles. The molecule has 1 atom stereocenters. The molecule has 0 bridgehead atoms. The highest BCUT2D eigenvalue weighted by atomic mass is 16.6. The van der Waals surface area contributed by atoms with Crippen LogP contribution in [-0.4, -0.2) is 42.4 Å². The molecule has 1 N–H and O–H groups in total. The van der Waals surface area contributed by atoms with Gasteiger partial charge in [-0.2, -0.15) is 0 Å². The van der Waals surface area contributed by atoms with Gasteiger partial charge in [0, 0.05) is 20.0 Å². The lowest BCUT2D eigenvalue weighted by Crippen LogP contribution is -2.40. The van der Waals surface area contributed by atoms with E-state index in [1.807, 2.05) is 0 Å². The highest BCUT2D eigenvalue weighted by Crippen LogP contribution is 2.08. The fourth-order valence-corrected chi connectivity index (χ4v) is 0.849. The quantitative estimate of drug-likeness (QED) is 0.556. The summed E-state index contributed by atoms with van der Waals surface area (Å²) in [7, 11) is 1.68. The van der Waals surface area contributed by atoms with Crippen LogP contribution in [0.5, 0.6) is 0 Å². The predicted octanol–water partition coefficient (Wildman–Crippen LogP) is -0.181. The molecule has 0 unspecified atom stereocenters. The first-order chi connectivity index (χ1) is 4.74. The first-order valence-electron chi connectivity index (χ1n) is 3.26. The molecule has 1 amide bonds. The zero-order valence-electron chi connectivity index (χ0n) is 5.91. The number of carbonyl (C=O) groups excluding carboxylic acids is 1. The maximum absolute atomic E-state index is 10.8. The van der Waals surface area contributed by atoms with E-state index in [9.17, 15) is 4.79 Å². The summed E-state index contributed by atoms with van der Waals surface area (Å²) in [6, 6.07) is 0. The van der Waals surface area contributed by atoms with E-state index in [1.54, 1.807) is 7.05 Å². The number of rotatable bonds is 1. The molecule has 1 fully saturated rings. The van der Waals surface area contributed by atoms with E-state index < -0.39 is 0 Å². The number of aliphatic hydroxyl groups excluding tert-OH is 1. The van der Waals surface area contributed by atoms with E-state index in [4.69, 9.17) is 9.84 Å². The van der Waals surface area contributed by atoms with Crippen LogP contribution in [-0.2, 0) is 4.74 Å². The van der Waals surface area contributed by atoms with Crippen LogP contribution < -0.4 is 0 Å². The van der Waals surface area contributed by atoms with Gasteiger partial charge in [-0.05, 0) is 0 Å². The summed E-state index contributed by atoms with van der Waals surface area (Å²) in [5, 5.41) is 8.60. The van der Waals surface area contributed by atoms with E-state index in [0.29, 0.717) is 6.54 Å². The molecule has 1 rings (SSSR count). The minimum Gasteiger partial charge on any atom is -0.444 e. The summed E-state index contributed by atoms with van der Waals surface area (Å²) in [5.41, 5.74) is 0. The Balaban J connectivity index is 2.41. The van der Waals surface area contributed by atoms with Gasteiger partial charge in [-0.3, -0.25) is 0 Å². The van der Waals surface area contributed by atoms with E-state index in [2.05, 4.69) is 0 Å². The van der Waals surface area contributed by atoms with Crippen molar-refractivity contribution in [2.24, 2.45) is 0 Å². The zero-order chi connectivity index (χ0) is 7.56. The highest BCUT2D eigenvalue weighted by molar-refractivity contribution is 5.68. The van der Waals surface area contributed by atoms with Gasteiger partial charge in [0.15, 0.2) is 0 Å². The molecular formula is C6H11NO3. The van der Waals surface area contributed by atoms with Gasteiger partial charge in [0.25, 0.3) is 0 Å². The Labute approximate surface area is 59.4 Å². The topological polar surface area (TPSA) is 49.8 Å². The lowest BCUT2D eigenvalue weighted by atomic mass is 10.2. The van der Waals surface area contributed by atoms with E-state index in [0.717, 1.165) is 6.42 Å². The van der Waals surface area contributed by atoms with Gasteiger partial charge in [0.05, 0.1) is 6.61 Å². The summed E-state index contributed by atoms with van der Waals surface area (Å²) in [5.74, 6) is 0. The molecule has 1 aliphatic rings. The Kier molecular flexibility index (Phi) is 2.11. The monoisotopic (exact) mass is 145 g/mol. The smallest absolute Gasteiger partial charge is 0.409 e. The number of aliphatic hydroxyl groups is 1. The van der Waals surface area contributed by atoms with Gasteiger partial charge >= 0.3 is 6.09 Å². The zero-order valence-corrected chi connectivity index (χ0v) is 5.91. The maximum atomic E-state index is 10.8. The molecule has 58 valence electrons. The average Bonchev–Trinajstić information content (AvgIpc) is 1.95. The predicted molar refractivity (Wildman–Crippen MR) is 34.6 cm³/mol. The van der Waals surface area contributed by atoms with Crippen LogP contribution in [0.15, 0.2) is 0 Å². The molecule has 0 aromatic rings. The van der Waals surface area contributed by atoms with Crippen molar-refractivity contribution >= 4 is 6.09 Å². The fraction of sp³-hybridized carbons (Fsp3) is 0.833. The molecular weight excluding hydrogens is 134 g/mol. The standard InChI is InChI=1S/C6H11NO3/c1-7-3-2-5(4-8)10-6(7)9/h5,8H,2-4H2,1H3/t5-/m0/s1. The van der Waals surface area contributed by atoms with Crippen LogP contribution in [0.3, 0.4) is 0 Å². The number of amides is 1. The van der Waals surface area contributed by atoms with Crippen molar-refractivity contribution in [3.63, 3.8) is 0 Å². The van der Waals surface area contributed by atoms with Crippen molar-refractivity contribution in [3.8, 4) is 0 Å². The summed E-state index contributed by atoms with van der Waals surface area (Å²) >= 11 is 0. The fourth-order valence-electron chi connectivity index (χ4n) is 0.849. The molecule has 1 aliphatic heterocycles. The molecule has 0 aromatic carbocycles. The van der Waals surface area contributed by atoms with Gasteiger partial charge < -0.3 is 14.7 Å². The summed E-state index contributed by atoms with van der Waals surface area (Å²) in [6.45, 7) is 0.601. The largest absolute Gasteiger partial charge is 0.444 e. The lowest BCUT2D eigenvalue weighted by molar-refractivity contribution is 0.00536. The first kappa shape index (κ1) is 7.34. The van der Waals surface area contributed by atoms with Crippen LogP contribution in [0.4, 0.5) is 4.79 Å². The minimum atomic E-state index is -0.342. The van der Waals surface area contributed by atoms with Crippen LogP contribution in [0.1, 0.15) is 6.42 Å². The molecule has 0 radical (unpaired) electrons. The number of nitrogens with zero attached hydrogens (tertiary/aromatic N) is 1. The number of ether oxygens (including phenoxy) is 1. The Morgan fingerprint density at radius 1 is 1.90 bits per heavy atom. The van der Waals surface area contributed by atoms with Crippen molar-refractivity contribution in [1.82, 2.24) is 4.90 Å². The molecule has 4 nitrogen and oxygen atoms in total. The molecule has 0 saturated carbocycles. The van der Waals surface area contributed by atoms with Crippen molar-refractivity contribution in [2.45, 2.75) is 12.5 Å². The van der Waals surface area contributed by atoms with E-state index in [-0.39, 0.29) is 18.8 Å². The third-order valence-electron chi connectivity index (χ3n) is 1.57. The molecule has 0 spiro atoms. The van der Waals surface area contributed by atoms with Crippen molar-refractivity contribution < 1.29 is 14.6 Å². The maximum Gasteiger partial charge on any atom is 0.409 e. The van der Waals surface area contributed by atoms with Gasteiger partial charge in [0.2, 0.25) is 0 Å². The highest BCUT2D eigenvalue weighted by Gasteiger charge is 2.22. The Hall–Kier alpha value is -0.770. The molecule has 0 aromatic heterocycles. The van der Waals surface area contributed by atoms with E-state index in [1.165, 1.54) is 4.90 Å². The van der Waals surface area contributed by atoms with Crippen LogP contribution >= 0.6 is 0 Å². The van der Waals surface area contributed by atoms with Crippen molar-refractivity contribution in [3.05, 3.63) is 0 Å². The Morgan fingerprint density at radius 3 is 3.10 bits per heavy atom. The SMILES string of the molecule is CN1CC[C@@H](CO)OC1=O. The minimum absolute atomic E-state index is 0.0699. The average molecular weight is 145 g/mol. The first-order valence-corrected chi connectivity index (χ1v) is 3.26. The summed E-state index contributed by atoms with van der Waals surface area (Å²) in [4.78, 5) is 12.2. The Bertz CT molecular complexity index is 137. The molecule has 10 heavy (non-hydrogen) atoms. The summed E-state index contributed by atoms with van der Waals surface area (Å²) in [6.07, 6.45) is 0.0904. The lowest BCUT2D eigenvalue weighted by Gasteiger charge is -2.27. The third-order valence-corrected chi connectivity index (χ3v) is 1.57. The van der Waals surface area contributed by atoms with E-state index >= 15 is 0 Å². The van der Waals surface area contributed by atoms with Crippen molar-refractivity contribution in [2.75, 3.05) is 20.2 Å². The second-order valence-electron chi connectivity index (χ2n) is 2.40. The normalized spacial score (nSPS) is 26.4.